The molecule has 0 spiro atoms. The molecule has 2 N–H and O–H groups in total. The number of carbonyl (C=O) groups excluding carboxylic acids is 1. The minimum atomic E-state index is 0. The zero-order chi connectivity index (χ0) is 18.1. The van der Waals surface area contributed by atoms with Crippen LogP contribution in [0.2, 0.25) is 0 Å². The van der Waals surface area contributed by atoms with Gasteiger partial charge in [-0.05, 0) is 43.9 Å². The van der Waals surface area contributed by atoms with Crippen LogP contribution in [0.1, 0.15) is 30.3 Å². The summed E-state index contributed by atoms with van der Waals surface area (Å²) in [5.41, 5.74) is 7.43. The molecule has 1 atom stereocenters. The molecule has 28 heavy (non-hydrogen) atoms. The molecule has 9 heteroatoms. The second-order valence-corrected chi connectivity index (χ2v) is 7.74. The van der Waals surface area contributed by atoms with Gasteiger partial charge in [-0.2, -0.15) is 0 Å². The van der Waals surface area contributed by atoms with Crippen LogP contribution in [0.4, 0.5) is 0 Å². The van der Waals surface area contributed by atoms with Gasteiger partial charge in [-0.1, -0.05) is 0 Å². The molecule has 0 radical (unpaired) electrons. The van der Waals surface area contributed by atoms with Crippen LogP contribution in [-0.2, 0) is 0 Å². The Morgan fingerprint density at radius 1 is 1.21 bits per heavy atom. The summed E-state index contributed by atoms with van der Waals surface area (Å²) in [6.07, 6.45) is 1.92. The Hall–Kier alpha value is -1.54. The fraction of sp³-hybridized carbons (Fsp3) is 0.474. The van der Waals surface area contributed by atoms with Crippen molar-refractivity contribution in [3.63, 3.8) is 0 Å². The normalized spacial score (nSPS) is 17.3. The molecule has 1 fully saturated rings. The number of piperidine rings is 1. The average Bonchev–Trinajstić information content (AvgIpc) is 3.17. The molecule has 1 saturated heterocycles. The Morgan fingerprint density at radius 3 is 2.57 bits per heavy atom. The molecule has 1 amide bonds. The molecule has 0 bridgehead atoms. The highest BCUT2D eigenvalue weighted by Crippen LogP contribution is 2.35. The summed E-state index contributed by atoms with van der Waals surface area (Å²) < 4.78 is 11.2. The number of rotatable bonds is 3. The van der Waals surface area contributed by atoms with E-state index in [1.807, 2.05) is 35.4 Å². The van der Waals surface area contributed by atoms with Crippen molar-refractivity contribution >= 4 is 42.1 Å². The fourth-order valence-corrected chi connectivity index (χ4v) is 4.26. The third kappa shape index (κ3) is 4.71. The van der Waals surface area contributed by atoms with Gasteiger partial charge in [-0.15, -0.1) is 36.2 Å². The van der Waals surface area contributed by atoms with E-state index in [4.69, 9.17) is 15.2 Å². The number of fused-ring (bicyclic) bond motifs is 1. The molecule has 1 aromatic heterocycles. The van der Waals surface area contributed by atoms with Crippen LogP contribution in [0.25, 0.3) is 10.6 Å². The van der Waals surface area contributed by atoms with Gasteiger partial charge < -0.3 is 20.1 Å². The van der Waals surface area contributed by atoms with Gasteiger partial charge in [0.2, 0.25) is 0 Å². The van der Waals surface area contributed by atoms with Crippen LogP contribution in [0.5, 0.6) is 11.5 Å². The maximum absolute atomic E-state index is 12.7. The van der Waals surface area contributed by atoms with Crippen LogP contribution in [0.15, 0.2) is 23.6 Å². The molecule has 4 rings (SSSR count). The number of thiazole rings is 1. The maximum atomic E-state index is 12.7. The predicted octanol–water partition coefficient (Wildman–Crippen LogP) is 3.62. The number of nitrogens with two attached hydrogens (primary N) is 1. The van der Waals surface area contributed by atoms with Crippen LogP contribution < -0.4 is 15.2 Å². The van der Waals surface area contributed by atoms with Crippen LogP contribution in [-0.4, -0.2) is 48.1 Å². The van der Waals surface area contributed by atoms with E-state index >= 15 is 0 Å². The first-order valence-corrected chi connectivity index (χ1v) is 9.90. The van der Waals surface area contributed by atoms with E-state index in [0.717, 1.165) is 48.0 Å². The molecule has 1 unspecified atom stereocenters. The second kappa shape index (κ2) is 9.78. The summed E-state index contributed by atoms with van der Waals surface area (Å²) in [5.74, 6) is 2.00. The number of nitrogens with zero attached hydrogens (tertiary/aromatic N) is 2. The number of halogens is 2. The van der Waals surface area contributed by atoms with Gasteiger partial charge in [0.15, 0.2) is 11.5 Å². The van der Waals surface area contributed by atoms with Gasteiger partial charge in [-0.3, -0.25) is 4.79 Å². The third-order valence-electron chi connectivity index (χ3n) is 5.08. The molecule has 2 aliphatic rings. The Balaban J connectivity index is 0.00000140. The second-order valence-electron chi connectivity index (χ2n) is 6.89. The van der Waals surface area contributed by atoms with Gasteiger partial charge in [0.1, 0.15) is 23.9 Å². The molecule has 2 aliphatic heterocycles. The number of likely N-dealkylation sites (tertiary alicyclic amines) is 1. The zero-order valence-corrected chi connectivity index (χ0v) is 18.1. The van der Waals surface area contributed by atoms with E-state index in [2.05, 4.69) is 4.98 Å². The Bertz CT molecular complexity index is 807. The van der Waals surface area contributed by atoms with E-state index in [0.29, 0.717) is 24.8 Å². The van der Waals surface area contributed by atoms with Gasteiger partial charge in [0, 0.05) is 30.1 Å². The largest absolute Gasteiger partial charge is 0.486 e. The van der Waals surface area contributed by atoms with E-state index in [9.17, 15) is 4.79 Å². The zero-order valence-electron chi connectivity index (χ0n) is 15.6. The van der Waals surface area contributed by atoms with Gasteiger partial charge >= 0.3 is 0 Å². The highest BCUT2D eigenvalue weighted by molar-refractivity contribution is 7.13. The van der Waals surface area contributed by atoms with E-state index < -0.39 is 0 Å². The topological polar surface area (TPSA) is 77.7 Å². The number of carbonyl (C=O) groups is 1. The molecule has 0 aliphatic carbocycles. The Morgan fingerprint density at radius 2 is 1.89 bits per heavy atom. The third-order valence-corrected chi connectivity index (χ3v) is 5.97. The molecular formula is C19H25Cl2N3O3S. The van der Waals surface area contributed by atoms with Crippen molar-refractivity contribution in [2.24, 2.45) is 11.7 Å². The van der Waals surface area contributed by atoms with Gasteiger partial charge in [0.25, 0.3) is 5.91 Å². The Kier molecular flexibility index (Phi) is 7.95. The SMILES string of the molecule is CC(N)C1CCN(C(=O)c2csc(-c3ccc4c(c3)OCCO4)n2)CC1.Cl.Cl. The van der Waals surface area contributed by atoms with Gasteiger partial charge in [0.05, 0.1) is 0 Å². The van der Waals surface area contributed by atoms with Crippen LogP contribution >= 0.6 is 36.2 Å². The summed E-state index contributed by atoms with van der Waals surface area (Å²) in [6, 6.07) is 5.96. The van der Waals surface area contributed by atoms with Crippen molar-refractivity contribution in [3.8, 4) is 22.1 Å². The number of ether oxygens (including phenoxy) is 2. The minimum absolute atomic E-state index is 0. The summed E-state index contributed by atoms with van der Waals surface area (Å²) in [6.45, 7) is 4.67. The first kappa shape index (κ1) is 22.7. The average molecular weight is 446 g/mol. The van der Waals surface area contributed by atoms with E-state index in [1.165, 1.54) is 11.3 Å². The van der Waals surface area contributed by atoms with Crippen molar-refractivity contribution in [1.29, 1.82) is 0 Å². The maximum Gasteiger partial charge on any atom is 0.273 e. The quantitative estimate of drug-likeness (QED) is 0.779. The van der Waals surface area contributed by atoms with Crippen molar-refractivity contribution in [1.82, 2.24) is 9.88 Å². The van der Waals surface area contributed by atoms with Crippen molar-refractivity contribution in [2.75, 3.05) is 26.3 Å². The van der Waals surface area contributed by atoms with Gasteiger partial charge in [-0.25, -0.2) is 4.98 Å². The monoisotopic (exact) mass is 445 g/mol. The lowest BCUT2D eigenvalue weighted by atomic mass is 9.91. The van der Waals surface area contributed by atoms with E-state index in [-0.39, 0.29) is 36.8 Å². The van der Waals surface area contributed by atoms with Crippen molar-refractivity contribution in [2.45, 2.75) is 25.8 Å². The molecule has 0 saturated carbocycles. The molecule has 6 nitrogen and oxygen atoms in total. The highest BCUT2D eigenvalue weighted by Gasteiger charge is 2.27. The lowest BCUT2D eigenvalue weighted by molar-refractivity contribution is 0.0676. The van der Waals surface area contributed by atoms with Crippen molar-refractivity contribution in [3.05, 3.63) is 29.3 Å². The lowest BCUT2D eigenvalue weighted by Crippen LogP contribution is -2.42. The molecule has 3 heterocycles. The highest BCUT2D eigenvalue weighted by atomic mass is 35.5. The summed E-state index contributed by atoms with van der Waals surface area (Å²) >= 11 is 1.48. The fourth-order valence-electron chi connectivity index (χ4n) is 3.47. The van der Waals surface area contributed by atoms with E-state index in [1.54, 1.807) is 0 Å². The lowest BCUT2D eigenvalue weighted by Gasteiger charge is -2.33. The molecule has 2 aromatic rings. The summed E-state index contributed by atoms with van der Waals surface area (Å²) in [5, 5.41) is 2.65. The minimum Gasteiger partial charge on any atom is -0.486 e. The Labute approximate surface area is 181 Å². The number of amides is 1. The molecule has 154 valence electrons. The van der Waals surface area contributed by atoms with Crippen molar-refractivity contribution < 1.29 is 14.3 Å². The smallest absolute Gasteiger partial charge is 0.273 e. The first-order chi connectivity index (χ1) is 12.6. The number of hydrogen-bond acceptors (Lipinski definition) is 6. The summed E-state index contributed by atoms with van der Waals surface area (Å²) in [4.78, 5) is 19.2. The van der Waals surface area contributed by atoms with Crippen LogP contribution in [0, 0.1) is 5.92 Å². The predicted molar refractivity (Wildman–Crippen MR) is 115 cm³/mol. The van der Waals surface area contributed by atoms with Crippen LogP contribution in [0.3, 0.4) is 0 Å². The molecule has 1 aromatic carbocycles. The number of benzene rings is 1. The number of aromatic nitrogens is 1. The molecular weight excluding hydrogens is 421 g/mol. The summed E-state index contributed by atoms with van der Waals surface area (Å²) in [7, 11) is 0. The first-order valence-electron chi connectivity index (χ1n) is 9.02. The number of hydrogen-bond donors (Lipinski definition) is 1. The standard InChI is InChI=1S/C19H23N3O3S.2ClH/c1-12(20)13-4-6-22(7-5-13)19(23)15-11-26-18(21-15)14-2-3-16-17(10-14)25-9-8-24-16;;/h2-3,10-13H,4-9,20H2,1H3;2*1H.